The zero-order valence-corrected chi connectivity index (χ0v) is 15.0. The van der Waals surface area contributed by atoms with Gasteiger partial charge in [0.05, 0.1) is 18.9 Å². The summed E-state index contributed by atoms with van der Waals surface area (Å²) in [5.41, 5.74) is 1.84. The van der Waals surface area contributed by atoms with Crippen molar-refractivity contribution in [1.29, 1.82) is 0 Å². The first-order valence-corrected chi connectivity index (χ1v) is 8.79. The van der Waals surface area contributed by atoms with Gasteiger partial charge in [0.15, 0.2) is 0 Å². The fourth-order valence-electron chi connectivity index (χ4n) is 2.83. The van der Waals surface area contributed by atoms with Gasteiger partial charge in [-0.05, 0) is 18.1 Å². The molecule has 0 saturated heterocycles. The Morgan fingerprint density at radius 3 is 2.23 bits per heavy atom. The second kappa shape index (κ2) is 10.4. The van der Waals surface area contributed by atoms with E-state index in [4.69, 9.17) is 4.74 Å². The summed E-state index contributed by atoms with van der Waals surface area (Å²) in [6.45, 7) is 3.48. The van der Waals surface area contributed by atoms with Gasteiger partial charge in [0, 0.05) is 19.6 Å². The molecular formula is C21H25NO4. The summed E-state index contributed by atoms with van der Waals surface area (Å²) in [6.07, 6.45) is 0.238. The number of carbonyl (C=O) groups is 2. The normalized spacial score (nSPS) is 11.9. The second-order valence-electron chi connectivity index (χ2n) is 6.08. The number of hydrogen-bond acceptors (Lipinski definition) is 4. The van der Waals surface area contributed by atoms with Gasteiger partial charge in [0.25, 0.3) is 0 Å². The first-order chi connectivity index (χ1) is 12.6. The molecule has 0 fully saturated rings. The number of rotatable bonds is 10. The molecular weight excluding hydrogens is 330 g/mol. The van der Waals surface area contributed by atoms with Gasteiger partial charge in [-0.2, -0.15) is 0 Å². The van der Waals surface area contributed by atoms with Gasteiger partial charge in [0.1, 0.15) is 0 Å². The summed E-state index contributed by atoms with van der Waals surface area (Å²) < 4.78 is 5.00. The second-order valence-corrected chi connectivity index (χ2v) is 6.08. The van der Waals surface area contributed by atoms with E-state index in [2.05, 4.69) is 0 Å². The zero-order chi connectivity index (χ0) is 18.8. The summed E-state index contributed by atoms with van der Waals surface area (Å²) in [6, 6.07) is 19.0. The van der Waals surface area contributed by atoms with E-state index in [0.717, 1.165) is 11.1 Å². The minimum atomic E-state index is -0.870. The molecule has 0 saturated carbocycles. The number of carboxylic acid groups (broad SMARTS) is 1. The maximum Gasteiger partial charge on any atom is 0.312 e. The van der Waals surface area contributed by atoms with Crippen molar-refractivity contribution in [2.45, 2.75) is 25.8 Å². The predicted octanol–water partition coefficient (Wildman–Crippen LogP) is 3.31. The van der Waals surface area contributed by atoms with Gasteiger partial charge >= 0.3 is 11.9 Å². The molecule has 1 atom stereocenters. The van der Waals surface area contributed by atoms with E-state index in [0.29, 0.717) is 26.2 Å². The van der Waals surface area contributed by atoms with Crippen molar-refractivity contribution in [3.8, 4) is 0 Å². The maximum atomic E-state index is 11.8. The highest BCUT2D eigenvalue weighted by Crippen LogP contribution is 2.19. The summed E-state index contributed by atoms with van der Waals surface area (Å²) in [4.78, 5) is 25.5. The third-order valence-electron chi connectivity index (χ3n) is 4.13. The molecule has 5 nitrogen and oxygen atoms in total. The molecule has 0 aliphatic carbocycles. The van der Waals surface area contributed by atoms with E-state index < -0.39 is 11.9 Å². The third-order valence-corrected chi connectivity index (χ3v) is 4.13. The third kappa shape index (κ3) is 6.33. The molecule has 0 aliphatic heterocycles. The molecule has 138 valence electrons. The van der Waals surface area contributed by atoms with Crippen molar-refractivity contribution in [3.63, 3.8) is 0 Å². The Labute approximate surface area is 154 Å². The molecule has 2 rings (SSSR count). The monoisotopic (exact) mass is 355 g/mol. The molecule has 0 spiro atoms. The summed E-state index contributed by atoms with van der Waals surface area (Å²) in [5.74, 6) is -1.79. The minimum Gasteiger partial charge on any atom is -0.481 e. The van der Waals surface area contributed by atoms with Crippen molar-refractivity contribution in [2.75, 3.05) is 19.7 Å². The van der Waals surface area contributed by atoms with E-state index in [1.165, 1.54) is 0 Å². The molecule has 2 aromatic carbocycles. The van der Waals surface area contributed by atoms with Crippen LogP contribution in [0.15, 0.2) is 60.7 Å². The van der Waals surface area contributed by atoms with Crippen molar-refractivity contribution in [1.82, 2.24) is 4.90 Å². The molecule has 26 heavy (non-hydrogen) atoms. The number of carbonyl (C=O) groups excluding carboxylic acids is 1. The van der Waals surface area contributed by atoms with Crippen LogP contribution in [0.25, 0.3) is 0 Å². The smallest absolute Gasteiger partial charge is 0.312 e. The van der Waals surface area contributed by atoms with Crippen molar-refractivity contribution in [2.24, 2.45) is 0 Å². The topological polar surface area (TPSA) is 66.8 Å². The number of hydrogen-bond donors (Lipinski definition) is 1. The number of aliphatic carboxylic acids is 1. The van der Waals surface area contributed by atoms with Gasteiger partial charge in [0.2, 0.25) is 0 Å². The largest absolute Gasteiger partial charge is 0.481 e. The van der Waals surface area contributed by atoms with Crippen LogP contribution in [0, 0.1) is 0 Å². The first kappa shape index (κ1) is 19.7. The first-order valence-electron chi connectivity index (χ1n) is 8.79. The standard InChI is InChI=1S/C21H25NO4/c1-2-26-20(23)13-14-22(15-17-9-5-3-6-10-17)16-19(21(24)25)18-11-7-4-8-12-18/h3-12,19H,2,13-16H2,1H3,(H,24,25). The lowest BCUT2D eigenvalue weighted by atomic mass is 9.98. The molecule has 2 aromatic rings. The quantitative estimate of drug-likeness (QED) is 0.662. The Bertz CT molecular complexity index is 688. The van der Waals surface area contributed by atoms with Crippen LogP contribution in [0.1, 0.15) is 30.4 Å². The van der Waals surface area contributed by atoms with Crippen LogP contribution in [0.4, 0.5) is 0 Å². The van der Waals surface area contributed by atoms with Crippen LogP contribution in [0.2, 0.25) is 0 Å². The number of ether oxygens (including phenoxy) is 1. The highest BCUT2D eigenvalue weighted by molar-refractivity contribution is 5.76. The van der Waals surface area contributed by atoms with Gasteiger partial charge < -0.3 is 9.84 Å². The van der Waals surface area contributed by atoms with Gasteiger partial charge in [-0.15, -0.1) is 0 Å². The van der Waals surface area contributed by atoms with Crippen LogP contribution in [-0.4, -0.2) is 41.6 Å². The Hall–Kier alpha value is -2.66. The minimum absolute atomic E-state index is 0.238. The molecule has 0 bridgehead atoms. The SMILES string of the molecule is CCOC(=O)CCN(Cc1ccccc1)CC(C(=O)O)c1ccccc1. The number of esters is 1. The van der Waals surface area contributed by atoms with Crippen molar-refractivity contribution in [3.05, 3.63) is 71.8 Å². The van der Waals surface area contributed by atoms with Crippen LogP contribution in [-0.2, 0) is 20.9 Å². The Balaban J connectivity index is 2.12. The Morgan fingerprint density at radius 1 is 1.04 bits per heavy atom. The average Bonchev–Trinajstić information content (AvgIpc) is 2.65. The number of carboxylic acids is 1. The molecule has 0 heterocycles. The predicted molar refractivity (Wildman–Crippen MR) is 99.8 cm³/mol. The van der Waals surface area contributed by atoms with Crippen LogP contribution in [0.3, 0.4) is 0 Å². The summed E-state index contributed by atoms with van der Waals surface area (Å²) in [7, 11) is 0. The van der Waals surface area contributed by atoms with Crippen LogP contribution < -0.4 is 0 Å². The molecule has 0 aliphatic rings. The molecule has 0 amide bonds. The lowest BCUT2D eigenvalue weighted by Crippen LogP contribution is -2.33. The van der Waals surface area contributed by atoms with Gasteiger partial charge in [-0.3, -0.25) is 14.5 Å². The van der Waals surface area contributed by atoms with Crippen molar-refractivity contribution < 1.29 is 19.4 Å². The summed E-state index contributed by atoms with van der Waals surface area (Å²) in [5, 5.41) is 9.69. The van der Waals surface area contributed by atoms with E-state index in [-0.39, 0.29) is 12.4 Å². The molecule has 0 aromatic heterocycles. The van der Waals surface area contributed by atoms with E-state index in [9.17, 15) is 14.7 Å². The van der Waals surface area contributed by atoms with E-state index in [1.54, 1.807) is 6.92 Å². The number of nitrogens with zero attached hydrogens (tertiary/aromatic N) is 1. The fraction of sp³-hybridized carbons (Fsp3) is 0.333. The van der Waals surface area contributed by atoms with Crippen LogP contribution in [0.5, 0.6) is 0 Å². The van der Waals surface area contributed by atoms with Gasteiger partial charge in [-0.25, -0.2) is 0 Å². The lowest BCUT2D eigenvalue weighted by molar-refractivity contribution is -0.143. The Kier molecular flexibility index (Phi) is 7.83. The lowest BCUT2D eigenvalue weighted by Gasteiger charge is -2.26. The van der Waals surface area contributed by atoms with Crippen molar-refractivity contribution >= 4 is 11.9 Å². The molecule has 1 unspecified atom stereocenters. The van der Waals surface area contributed by atoms with E-state index >= 15 is 0 Å². The molecule has 1 N–H and O–H groups in total. The number of benzene rings is 2. The highest BCUT2D eigenvalue weighted by Gasteiger charge is 2.23. The summed E-state index contributed by atoms with van der Waals surface area (Å²) >= 11 is 0. The Morgan fingerprint density at radius 2 is 1.65 bits per heavy atom. The van der Waals surface area contributed by atoms with E-state index in [1.807, 2.05) is 65.6 Å². The van der Waals surface area contributed by atoms with Crippen LogP contribution >= 0.6 is 0 Å². The fourth-order valence-corrected chi connectivity index (χ4v) is 2.83. The van der Waals surface area contributed by atoms with Gasteiger partial charge in [-0.1, -0.05) is 60.7 Å². The zero-order valence-electron chi connectivity index (χ0n) is 15.0. The molecule has 0 radical (unpaired) electrons. The highest BCUT2D eigenvalue weighted by atomic mass is 16.5. The maximum absolute atomic E-state index is 11.8. The average molecular weight is 355 g/mol. The molecule has 5 heteroatoms.